The minimum absolute atomic E-state index is 0.0277. The first-order chi connectivity index (χ1) is 13.9. The number of amides is 2. The van der Waals surface area contributed by atoms with Gasteiger partial charge < -0.3 is 10.6 Å². The van der Waals surface area contributed by atoms with E-state index in [0.717, 1.165) is 30.6 Å². The molecule has 152 valence electrons. The van der Waals surface area contributed by atoms with Crippen LogP contribution in [0.25, 0.3) is 0 Å². The summed E-state index contributed by atoms with van der Waals surface area (Å²) < 4.78 is 0. The summed E-state index contributed by atoms with van der Waals surface area (Å²) in [5, 5.41) is 5.98. The number of aryl methyl sites for hydroxylation is 2. The van der Waals surface area contributed by atoms with Crippen molar-refractivity contribution in [2.45, 2.75) is 45.8 Å². The van der Waals surface area contributed by atoms with Crippen LogP contribution in [0, 0.1) is 19.3 Å². The molecule has 4 rings (SSSR count). The van der Waals surface area contributed by atoms with Crippen molar-refractivity contribution in [3.63, 3.8) is 0 Å². The zero-order chi connectivity index (χ0) is 20.4. The molecular formula is C24H29N3O2. The van der Waals surface area contributed by atoms with E-state index in [-0.39, 0.29) is 11.8 Å². The third-order valence-corrected chi connectivity index (χ3v) is 6.34. The quantitative estimate of drug-likeness (QED) is 0.824. The van der Waals surface area contributed by atoms with E-state index in [1.54, 1.807) is 0 Å². The van der Waals surface area contributed by atoms with Crippen molar-refractivity contribution in [3.8, 4) is 0 Å². The van der Waals surface area contributed by atoms with E-state index in [2.05, 4.69) is 45.9 Å². The molecule has 0 aliphatic carbocycles. The number of nitrogens with one attached hydrogen (secondary N) is 2. The highest BCUT2D eigenvalue weighted by Gasteiger charge is 2.52. The Morgan fingerprint density at radius 2 is 2.00 bits per heavy atom. The van der Waals surface area contributed by atoms with Gasteiger partial charge in [-0.15, -0.1) is 0 Å². The predicted molar refractivity (Wildman–Crippen MR) is 113 cm³/mol. The Morgan fingerprint density at radius 1 is 1.21 bits per heavy atom. The lowest BCUT2D eigenvalue weighted by Crippen LogP contribution is -2.41. The summed E-state index contributed by atoms with van der Waals surface area (Å²) >= 11 is 0. The minimum Gasteiger partial charge on any atom is -0.350 e. The normalized spacial score (nSPS) is 24.1. The van der Waals surface area contributed by atoms with Gasteiger partial charge in [-0.25, -0.2) is 0 Å². The van der Waals surface area contributed by atoms with Crippen molar-refractivity contribution >= 4 is 11.8 Å². The number of likely N-dealkylation sites (tertiary alicyclic amines) is 1. The topological polar surface area (TPSA) is 61.4 Å². The molecule has 0 saturated carbocycles. The average Bonchev–Trinajstić information content (AvgIpc) is 3.26. The maximum atomic E-state index is 12.8. The Balaban J connectivity index is 1.35. The van der Waals surface area contributed by atoms with Gasteiger partial charge in [0, 0.05) is 19.6 Å². The summed E-state index contributed by atoms with van der Waals surface area (Å²) in [5.74, 6) is -0.0578. The Bertz CT molecular complexity index is 912. The second-order valence-corrected chi connectivity index (χ2v) is 8.60. The first-order valence-corrected chi connectivity index (χ1v) is 10.4. The highest BCUT2D eigenvalue weighted by atomic mass is 16.2. The van der Waals surface area contributed by atoms with Crippen LogP contribution in [0.5, 0.6) is 0 Å². The van der Waals surface area contributed by atoms with Gasteiger partial charge in [0.2, 0.25) is 11.8 Å². The zero-order valence-corrected chi connectivity index (χ0v) is 17.2. The largest absolute Gasteiger partial charge is 0.350 e. The van der Waals surface area contributed by atoms with Crippen molar-refractivity contribution < 1.29 is 9.59 Å². The standard InChI is InChI=1S/C24H29N3O2/c1-17-8-9-18(2)20(12-17)14-25-22(28)21-13-24(23(29)26-21)10-11-27(16-24)15-19-6-4-3-5-7-19/h3-9,12,21H,10-11,13-16H2,1-2H3,(H,25,28)(H,26,29)/t21-,24-/m0/s1. The van der Waals surface area contributed by atoms with Gasteiger partial charge in [-0.3, -0.25) is 14.5 Å². The Morgan fingerprint density at radius 3 is 2.79 bits per heavy atom. The van der Waals surface area contributed by atoms with Crippen LogP contribution in [-0.4, -0.2) is 35.8 Å². The van der Waals surface area contributed by atoms with Gasteiger partial charge >= 0.3 is 0 Å². The highest BCUT2D eigenvalue weighted by molar-refractivity contribution is 5.94. The first kappa shape index (κ1) is 19.6. The molecule has 0 unspecified atom stereocenters. The fraction of sp³-hybridized carbons (Fsp3) is 0.417. The monoisotopic (exact) mass is 391 g/mol. The van der Waals surface area contributed by atoms with Crippen LogP contribution in [0.15, 0.2) is 48.5 Å². The van der Waals surface area contributed by atoms with E-state index in [4.69, 9.17) is 0 Å². The maximum Gasteiger partial charge on any atom is 0.242 e. The molecule has 5 heteroatoms. The second kappa shape index (κ2) is 7.99. The van der Waals surface area contributed by atoms with E-state index in [1.165, 1.54) is 11.1 Å². The molecule has 5 nitrogen and oxygen atoms in total. The van der Waals surface area contributed by atoms with Gasteiger partial charge in [-0.1, -0.05) is 54.1 Å². The summed E-state index contributed by atoms with van der Waals surface area (Å²) in [6.45, 7) is 7.04. The van der Waals surface area contributed by atoms with Crippen LogP contribution in [0.3, 0.4) is 0 Å². The highest BCUT2D eigenvalue weighted by Crippen LogP contribution is 2.40. The number of carbonyl (C=O) groups excluding carboxylic acids is 2. The number of hydrogen-bond acceptors (Lipinski definition) is 3. The fourth-order valence-corrected chi connectivity index (χ4v) is 4.59. The molecule has 0 aromatic heterocycles. The van der Waals surface area contributed by atoms with Gasteiger partial charge in [-0.2, -0.15) is 0 Å². The molecule has 2 amide bonds. The van der Waals surface area contributed by atoms with Gasteiger partial charge in [0.1, 0.15) is 6.04 Å². The Kier molecular flexibility index (Phi) is 5.41. The molecule has 1 spiro atoms. The van der Waals surface area contributed by atoms with Crippen molar-refractivity contribution in [2.24, 2.45) is 5.41 Å². The summed E-state index contributed by atoms with van der Waals surface area (Å²) in [7, 11) is 0. The van der Waals surface area contributed by atoms with E-state index in [1.807, 2.05) is 32.0 Å². The maximum absolute atomic E-state index is 12.8. The van der Waals surface area contributed by atoms with E-state index in [0.29, 0.717) is 19.5 Å². The molecule has 2 N–H and O–H groups in total. The molecule has 0 bridgehead atoms. The molecule has 2 fully saturated rings. The van der Waals surface area contributed by atoms with Crippen molar-refractivity contribution in [1.82, 2.24) is 15.5 Å². The minimum atomic E-state index is -0.440. The fourth-order valence-electron chi connectivity index (χ4n) is 4.59. The molecule has 0 radical (unpaired) electrons. The third-order valence-electron chi connectivity index (χ3n) is 6.34. The molecule has 2 heterocycles. The second-order valence-electron chi connectivity index (χ2n) is 8.60. The smallest absolute Gasteiger partial charge is 0.242 e. The van der Waals surface area contributed by atoms with E-state index >= 15 is 0 Å². The lowest BCUT2D eigenvalue weighted by atomic mass is 9.84. The van der Waals surface area contributed by atoms with Crippen LogP contribution in [-0.2, 0) is 22.7 Å². The third kappa shape index (κ3) is 4.20. The molecule has 2 aromatic carbocycles. The van der Waals surface area contributed by atoms with Crippen LogP contribution in [0.1, 0.15) is 35.1 Å². The van der Waals surface area contributed by atoms with E-state index < -0.39 is 11.5 Å². The molecule has 2 atom stereocenters. The predicted octanol–water partition coefficient (Wildman–Crippen LogP) is 2.70. The lowest BCUT2D eigenvalue weighted by molar-refractivity contribution is -0.128. The first-order valence-electron chi connectivity index (χ1n) is 10.4. The van der Waals surface area contributed by atoms with Crippen LogP contribution < -0.4 is 10.6 Å². The summed E-state index contributed by atoms with van der Waals surface area (Å²) in [4.78, 5) is 27.8. The van der Waals surface area contributed by atoms with Crippen LogP contribution in [0.4, 0.5) is 0 Å². The van der Waals surface area contributed by atoms with Crippen LogP contribution in [0.2, 0.25) is 0 Å². The summed E-state index contributed by atoms with van der Waals surface area (Å²) in [6, 6.07) is 16.1. The summed E-state index contributed by atoms with van der Waals surface area (Å²) in [5.41, 5.74) is 4.28. The van der Waals surface area contributed by atoms with Crippen molar-refractivity contribution in [1.29, 1.82) is 0 Å². The number of hydrogen-bond donors (Lipinski definition) is 2. The van der Waals surface area contributed by atoms with Crippen molar-refractivity contribution in [3.05, 3.63) is 70.8 Å². The number of nitrogens with zero attached hydrogens (tertiary/aromatic N) is 1. The number of carbonyl (C=O) groups is 2. The van der Waals surface area contributed by atoms with Gasteiger partial charge in [0.05, 0.1) is 5.41 Å². The molecule has 2 aromatic rings. The van der Waals surface area contributed by atoms with Crippen LogP contribution >= 0.6 is 0 Å². The van der Waals surface area contributed by atoms with E-state index in [9.17, 15) is 9.59 Å². The molecule has 2 aliphatic heterocycles. The molecule has 2 aliphatic rings. The van der Waals surface area contributed by atoms with Gasteiger partial charge in [-0.05, 0) is 49.9 Å². The number of rotatable bonds is 5. The Labute approximate surface area is 172 Å². The Hall–Kier alpha value is -2.66. The van der Waals surface area contributed by atoms with Gasteiger partial charge in [0.15, 0.2) is 0 Å². The molecule has 2 saturated heterocycles. The number of benzene rings is 2. The SMILES string of the molecule is Cc1ccc(C)c(CNC(=O)[C@@H]2C[C@]3(CCN(Cc4ccccc4)C3)C(=O)N2)c1. The molecular weight excluding hydrogens is 362 g/mol. The average molecular weight is 392 g/mol. The molecule has 29 heavy (non-hydrogen) atoms. The van der Waals surface area contributed by atoms with Crippen molar-refractivity contribution in [2.75, 3.05) is 13.1 Å². The lowest BCUT2D eigenvalue weighted by Gasteiger charge is -2.21. The zero-order valence-electron chi connectivity index (χ0n) is 17.2. The van der Waals surface area contributed by atoms with Gasteiger partial charge in [0.25, 0.3) is 0 Å². The summed E-state index contributed by atoms with van der Waals surface area (Å²) in [6.07, 6.45) is 1.39.